The van der Waals surface area contributed by atoms with Crippen LogP contribution in [-0.4, -0.2) is 36.2 Å². The molecule has 0 saturated carbocycles. The smallest absolute Gasteiger partial charge is 0.229 e. The van der Waals surface area contributed by atoms with E-state index in [4.69, 9.17) is 9.15 Å². The number of ether oxygens (including phenoxy) is 1. The van der Waals surface area contributed by atoms with Gasteiger partial charge in [-0.2, -0.15) is 0 Å². The van der Waals surface area contributed by atoms with Crippen LogP contribution in [0.4, 0.5) is 8.78 Å². The second kappa shape index (κ2) is 6.14. The SMILES string of the molecule is Cc1oc(-c2cc(F)ccc2F)nc1CN(C)C1CCOC1. The van der Waals surface area contributed by atoms with Crippen molar-refractivity contribution in [2.24, 2.45) is 0 Å². The van der Waals surface area contributed by atoms with Gasteiger partial charge in [-0.15, -0.1) is 0 Å². The maximum atomic E-state index is 13.8. The second-order valence-corrected chi connectivity index (χ2v) is 5.58. The van der Waals surface area contributed by atoms with Crippen LogP contribution in [-0.2, 0) is 11.3 Å². The highest BCUT2D eigenvalue weighted by molar-refractivity contribution is 5.54. The van der Waals surface area contributed by atoms with Gasteiger partial charge in [-0.3, -0.25) is 4.90 Å². The Hall–Kier alpha value is -1.79. The van der Waals surface area contributed by atoms with Crippen molar-refractivity contribution in [3.8, 4) is 11.5 Å². The van der Waals surface area contributed by atoms with E-state index in [1.807, 2.05) is 7.05 Å². The summed E-state index contributed by atoms with van der Waals surface area (Å²) < 4.78 is 38.0. The first-order valence-electron chi connectivity index (χ1n) is 7.24. The maximum absolute atomic E-state index is 13.8. The second-order valence-electron chi connectivity index (χ2n) is 5.58. The molecule has 0 aliphatic carbocycles. The van der Waals surface area contributed by atoms with Crippen LogP contribution in [0.2, 0.25) is 0 Å². The van der Waals surface area contributed by atoms with Crippen LogP contribution in [0.15, 0.2) is 22.6 Å². The van der Waals surface area contributed by atoms with Crippen molar-refractivity contribution in [3.05, 3.63) is 41.3 Å². The van der Waals surface area contributed by atoms with Crippen LogP contribution >= 0.6 is 0 Å². The lowest BCUT2D eigenvalue weighted by Gasteiger charge is -2.21. The summed E-state index contributed by atoms with van der Waals surface area (Å²) in [5.41, 5.74) is 0.772. The molecule has 2 heterocycles. The van der Waals surface area contributed by atoms with Crippen LogP contribution < -0.4 is 0 Å². The molecule has 6 heteroatoms. The van der Waals surface area contributed by atoms with Crippen LogP contribution in [0.1, 0.15) is 17.9 Å². The molecule has 1 aromatic carbocycles. The molecule has 22 heavy (non-hydrogen) atoms. The molecule has 0 radical (unpaired) electrons. The lowest BCUT2D eigenvalue weighted by molar-refractivity contribution is 0.155. The molecular weight excluding hydrogens is 290 g/mol. The Bertz CT molecular complexity index is 666. The van der Waals surface area contributed by atoms with Crippen molar-refractivity contribution >= 4 is 0 Å². The van der Waals surface area contributed by atoms with Gasteiger partial charge in [0, 0.05) is 19.2 Å². The average Bonchev–Trinajstić information content (AvgIpc) is 3.12. The van der Waals surface area contributed by atoms with Crippen LogP contribution in [0.5, 0.6) is 0 Å². The van der Waals surface area contributed by atoms with Gasteiger partial charge in [-0.05, 0) is 38.6 Å². The van der Waals surface area contributed by atoms with E-state index in [1.165, 1.54) is 0 Å². The van der Waals surface area contributed by atoms with Crippen LogP contribution in [0, 0.1) is 18.6 Å². The fourth-order valence-electron chi connectivity index (χ4n) is 2.59. The minimum atomic E-state index is -0.549. The number of benzene rings is 1. The third-order valence-corrected chi connectivity index (χ3v) is 3.98. The van der Waals surface area contributed by atoms with Gasteiger partial charge in [0.2, 0.25) is 5.89 Å². The van der Waals surface area contributed by atoms with E-state index in [9.17, 15) is 8.78 Å². The first-order valence-corrected chi connectivity index (χ1v) is 7.24. The summed E-state index contributed by atoms with van der Waals surface area (Å²) in [5.74, 6) is -0.342. The molecule has 1 aliphatic rings. The van der Waals surface area contributed by atoms with Gasteiger partial charge in [0.1, 0.15) is 17.4 Å². The van der Waals surface area contributed by atoms with Gasteiger partial charge in [0.05, 0.1) is 17.9 Å². The third-order valence-electron chi connectivity index (χ3n) is 3.98. The van der Waals surface area contributed by atoms with Gasteiger partial charge >= 0.3 is 0 Å². The molecule has 0 spiro atoms. The summed E-state index contributed by atoms with van der Waals surface area (Å²) in [5, 5.41) is 0. The Balaban J connectivity index is 1.82. The first-order chi connectivity index (χ1) is 10.5. The molecule has 0 N–H and O–H groups in total. The van der Waals surface area contributed by atoms with Crippen molar-refractivity contribution in [1.29, 1.82) is 0 Å². The number of aromatic nitrogens is 1. The van der Waals surface area contributed by atoms with Crippen molar-refractivity contribution in [1.82, 2.24) is 9.88 Å². The molecule has 1 aliphatic heterocycles. The molecule has 4 nitrogen and oxygen atoms in total. The molecule has 3 rings (SSSR count). The molecule has 118 valence electrons. The Morgan fingerprint density at radius 3 is 2.91 bits per heavy atom. The molecule has 2 aromatic rings. The zero-order chi connectivity index (χ0) is 15.7. The largest absolute Gasteiger partial charge is 0.441 e. The summed E-state index contributed by atoms with van der Waals surface area (Å²) >= 11 is 0. The zero-order valence-corrected chi connectivity index (χ0v) is 12.6. The lowest BCUT2D eigenvalue weighted by Crippen LogP contribution is -2.31. The predicted molar refractivity (Wildman–Crippen MR) is 77.3 cm³/mol. The monoisotopic (exact) mass is 308 g/mol. The normalized spacial score (nSPS) is 18.3. The number of rotatable bonds is 4. The predicted octanol–water partition coefficient (Wildman–Crippen LogP) is 3.15. The zero-order valence-electron chi connectivity index (χ0n) is 12.6. The highest BCUT2D eigenvalue weighted by Crippen LogP contribution is 2.26. The number of hydrogen-bond donors (Lipinski definition) is 0. The summed E-state index contributed by atoms with van der Waals surface area (Å²) in [6.07, 6.45) is 0.985. The highest BCUT2D eigenvalue weighted by atomic mass is 19.1. The highest BCUT2D eigenvalue weighted by Gasteiger charge is 2.23. The van der Waals surface area contributed by atoms with Gasteiger partial charge in [-0.1, -0.05) is 0 Å². The third kappa shape index (κ3) is 3.03. The lowest BCUT2D eigenvalue weighted by atomic mass is 10.2. The molecule has 1 aromatic heterocycles. The quantitative estimate of drug-likeness (QED) is 0.870. The minimum absolute atomic E-state index is 0.0428. The van der Waals surface area contributed by atoms with E-state index in [-0.39, 0.29) is 11.5 Å². The number of likely N-dealkylation sites (N-methyl/N-ethyl adjacent to an activating group) is 1. The number of nitrogens with zero attached hydrogens (tertiary/aromatic N) is 2. The van der Waals surface area contributed by atoms with Gasteiger partial charge in [-0.25, -0.2) is 13.8 Å². The topological polar surface area (TPSA) is 38.5 Å². The van der Waals surface area contributed by atoms with Crippen LogP contribution in [0.25, 0.3) is 11.5 Å². The molecule has 1 saturated heterocycles. The summed E-state index contributed by atoms with van der Waals surface area (Å²) in [7, 11) is 2.00. The van der Waals surface area contributed by atoms with E-state index in [2.05, 4.69) is 9.88 Å². The van der Waals surface area contributed by atoms with Gasteiger partial charge in [0.15, 0.2) is 0 Å². The first kappa shape index (κ1) is 15.1. The number of hydrogen-bond acceptors (Lipinski definition) is 4. The Morgan fingerprint density at radius 1 is 1.36 bits per heavy atom. The number of halogens is 2. The van der Waals surface area contributed by atoms with Crippen molar-refractivity contribution in [2.45, 2.75) is 25.9 Å². The van der Waals surface area contributed by atoms with E-state index >= 15 is 0 Å². The fraction of sp³-hybridized carbons (Fsp3) is 0.438. The summed E-state index contributed by atoms with van der Waals surface area (Å²) in [6.45, 7) is 3.84. The molecule has 0 bridgehead atoms. The van der Waals surface area contributed by atoms with E-state index in [0.717, 1.165) is 36.9 Å². The van der Waals surface area contributed by atoms with E-state index < -0.39 is 11.6 Å². The van der Waals surface area contributed by atoms with Gasteiger partial charge in [0.25, 0.3) is 0 Å². The molecule has 1 unspecified atom stereocenters. The summed E-state index contributed by atoms with van der Waals surface area (Å²) in [6, 6.07) is 3.60. The van der Waals surface area contributed by atoms with E-state index in [0.29, 0.717) is 25.0 Å². The van der Waals surface area contributed by atoms with Crippen molar-refractivity contribution < 1.29 is 17.9 Å². The minimum Gasteiger partial charge on any atom is -0.441 e. The number of oxazole rings is 1. The Kier molecular flexibility index (Phi) is 4.22. The Labute approximate surface area is 127 Å². The molecular formula is C16H18F2N2O2. The van der Waals surface area contributed by atoms with Crippen molar-refractivity contribution in [3.63, 3.8) is 0 Å². The van der Waals surface area contributed by atoms with E-state index in [1.54, 1.807) is 6.92 Å². The average molecular weight is 308 g/mol. The molecule has 0 amide bonds. The Morgan fingerprint density at radius 2 is 2.18 bits per heavy atom. The maximum Gasteiger partial charge on any atom is 0.229 e. The van der Waals surface area contributed by atoms with Gasteiger partial charge < -0.3 is 9.15 Å². The fourth-order valence-corrected chi connectivity index (χ4v) is 2.59. The standard InChI is InChI=1S/C16H18F2N2O2/c1-10-15(8-20(2)12-5-6-21-9-12)19-16(22-10)13-7-11(17)3-4-14(13)18/h3-4,7,12H,5-6,8-9H2,1-2H3. The molecule has 1 fully saturated rings. The summed E-state index contributed by atoms with van der Waals surface area (Å²) in [4.78, 5) is 6.48. The molecule has 1 atom stereocenters. The number of aryl methyl sites for hydroxylation is 1. The van der Waals surface area contributed by atoms with Crippen molar-refractivity contribution in [2.75, 3.05) is 20.3 Å². The van der Waals surface area contributed by atoms with Crippen LogP contribution in [0.3, 0.4) is 0 Å².